The van der Waals surface area contributed by atoms with E-state index in [1.54, 1.807) is 12.1 Å². The summed E-state index contributed by atoms with van der Waals surface area (Å²) in [5.41, 5.74) is 0.755. The third kappa shape index (κ3) is 4.21. The molecule has 1 saturated heterocycles. The lowest BCUT2D eigenvalue weighted by Crippen LogP contribution is -2.45. The minimum absolute atomic E-state index is 0.0506. The minimum Gasteiger partial charge on any atom is -0.384 e. The molecule has 1 aliphatic heterocycles. The maximum absolute atomic E-state index is 13.3. The summed E-state index contributed by atoms with van der Waals surface area (Å²) in [6, 6.07) is 3.12. The van der Waals surface area contributed by atoms with Crippen molar-refractivity contribution >= 4 is 28.9 Å². The summed E-state index contributed by atoms with van der Waals surface area (Å²) in [5, 5.41) is 3.32. The zero-order valence-electron chi connectivity index (χ0n) is 10.9. The molecule has 0 bridgehead atoms. The highest BCUT2D eigenvalue weighted by Crippen LogP contribution is 2.27. The second-order valence-electron chi connectivity index (χ2n) is 4.83. The molecule has 0 unspecified atom stereocenters. The van der Waals surface area contributed by atoms with Crippen molar-refractivity contribution < 1.29 is 4.39 Å². The third-order valence-electron chi connectivity index (χ3n) is 3.34. The van der Waals surface area contributed by atoms with Crippen LogP contribution in [0.1, 0.15) is 0 Å². The Hall–Kier alpha value is -0.550. The van der Waals surface area contributed by atoms with Crippen molar-refractivity contribution in [2.24, 2.45) is 0 Å². The number of piperazine rings is 1. The quantitative estimate of drug-likeness (QED) is 0.863. The predicted octanol–water partition coefficient (Wildman–Crippen LogP) is 2.79. The molecule has 1 aromatic carbocycles. The molecule has 1 N–H and O–H groups in total. The topological polar surface area (TPSA) is 18.5 Å². The Morgan fingerprint density at radius 1 is 1.16 bits per heavy atom. The molecule has 0 spiro atoms. The van der Waals surface area contributed by atoms with Gasteiger partial charge in [-0.15, -0.1) is 0 Å². The first-order valence-corrected chi connectivity index (χ1v) is 7.11. The van der Waals surface area contributed by atoms with Gasteiger partial charge >= 0.3 is 0 Å². The number of hydrogen-bond donors (Lipinski definition) is 1. The smallest absolute Gasteiger partial charge is 0.160 e. The van der Waals surface area contributed by atoms with Gasteiger partial charge in [0, 0.05) is 45.0 Å². The van der Waals surface area contributed by atoms with Gasteiger partial charge in [-0.05, 0) is 19.2 Å². The number of likely N-dealkylation sites (N-methyl/N-ethyl adjacent to an activating group) is 1. The second kappa shape index (κ2) is 6.75. The molecular formula is C13H18Cl2FN3. The van der Waals surface area contributed by atoms with Crippen molar-refractivity contribution in [1.82, 2.24) is 9.80 Å². The SMILES string of the molecule is CN1CCN(CCNc2cc(Cl)c(F)c(Cl)c2)CC1. The maximum atomic E-state index is 13.3. The van der Waals surface area contributed by atoms with E-state index >= 15 is 0 Å². The fourth-order valence-corrected chi connectivity index (χ4v) is 2.57. The Labute approximate surface area is 123 Å². The molecule has 19 heavy (non-hydrogen) atoms. The van der Waals surface area contributed by atoms with Crippen LogP contribution in [-0.4, -0.2) is 56.1 Å². The highest BCUT2D eigenvalue weighted by atomic mass is 35.5. The number of rotatable bonds is 4. The van der Waals surface area contributed by atoms with Crippen molar-refractivity contribution in [2.45, 2.75) is 0 Å². The molecular weight excluding hydrogens is 288 g/mol. The summed E-state index contributed by atoms with van der Waals surface area (Å²) >= 11 is 11.5. The molecule has 6 heteroatoms. The van der Waals surface area contributed by atoms with E-state index in [1.165, 1.54) is 0 Å². The summed E-state index contributed by atoms with van der Waals surface area (Å²) in [6.45, 7) is 6.14. The van der Waals surface area contributed by atoms with Crippen molar-refractivity contribution in [2.75, 3.05) is 51.6 Å². The molecule has 1 aromatic rings. The fourth-order valence-electron chi connectivity index (χ4n) is 2.09. The summed E-state index contributed by atoms with van der Waals surface area (Å²) in [4.78, 5) is 4.73. The van der Waals surface area contributed by atoms with Gasteiger partial charge < -0.3 is 10.2 Å². The molecule has 2 rings (SSSR count). The van der Waals surface area contributed by atoms with Crippen LogP contribution in [0.4, 0.5) is 10.1 Å². The second-order valence-corrected chi connectivity index (χ2v) is 5.64. The molecule has 1 heterocycles. The Bertz CT molecular complexity index is 411. The van der Waals surface area contributed by atoms with Crippen LogP contribution in [0.5, 0.6) is 0 Å². The molecule has 0 radical (unpaired) electrons. The van der Waals surface area contributed by atoms with E-state index in [-0.39, 0.29) is 10.0 Å². The van der Waals surface area contributed by atoms with Gasteiger partial charge in [-0.25, -0.2) is 4.39 Å². The van der Waals surface area contributed by atoms with Gasteiger partial charge in [-0.2, -0.15) is 0 Å². The maximum Gasteiger partial charge on any atom is 0.160 e. The van der Waals surface area contributed by atoms with Gasteiger partial charge in [0.25, 0.3) is 0 Å². The van der Waals surface area contributed by atoms with E-state index in [2.05, 4.69) is 22.2 Å². The zero-order chi connectivity index (χ0) is 13.8. The number of hydrogen-bond acceptors (Lipinski definition) is 3. The zero-order valence-corrected chi connectivity index (χ0v) is 12.4. The summed E-state index contributed by atoms with van der Waals surface area (Å²) in [6.07, 6.45) is 0. The summed E-state index contributed by atoms with van der Waals surface area (Å²) in [7, 11) is 2.14. The molecule has 0 aromatic heterocycles. The van der Waals surface area contributed by atoms with Crippen LogP contribution < -0.4 is 5.32 Å². The Balaban J connectivity index is 1.79. The van der Waals surface area contributed by atoms with Gasteiger partial charge in [-0.1, -0.05) is 23.2 Å². The lowest BCUT2D eigenvalue weighted by atomic mass is 10.3. The Morgan fingerprint density at radius 3 is 2.32 bits per heavy atom. The van der Waals surface area contributed by atoms with Crippen LogP contribution in [0, 0.1) is 5.82 Å². The van der Waals surface area contributed by atoms with Crippen LogP contribution in [0.3, 0.4) is 0 Å². The average molecular weight is 306 g/mol. The van der Waals surface area contributed by atoms with E-state index < -0.39 is 5.82 Å². The van der Waals surface area contributed by atoms with Gasteiger partial charge in [0.15, 0.2) is 5.82 Å². The highest BCUT2D eigenvalue weighted by molar-refractivity contribution is 6.35. The lowest BCUT2D eigenvalue weighted by molar-refractivity contribution is 0.158. The standard InChI is InChI=1S/C13H18Cl2FN3/c1-18-4-6-19(7-5-18)3-2-17-10-8-11(14)13(16)12(15)9-10/h8-9,17H,2-7H2,1H3. The third-order valence-corrected chi connectivity index (χ3v) is 3.89. The first-order chi connectivity index (χ1) is 9.06. The Kier molecular flexibility index (Phi) is 5.28. The molecule has 1 fully saturated rings. The predicted molar refractivity (Wildman–Crippen MR) is 78.8 cm³/mol. The molecule has 106 valence electrons. The summed E-state index contributed by atoms with van der Waals surface area (Å²) < 4.78 is 13.3. The van der Waals surface area contributed by atoms with Gasteiger partial charge in [0.05, 0.1) is 10.0 Å². The molecule has 0 aliphatic carbocycles. The molecule has 0 atom stereocenters. The van der Waals surface area contributed by atoms with Gasteiger partial charge in [0.1, 0.15) is 0 Å². The number of nitrogens with one attached hydrogen (secondary N) is 1. The van der Waals surface area contributed by atoms with Crippen LogP contribution >= 0.6 is 23.2 Å². The van der Waals surface area contributed by atoms with Crippen LogP contribution in [-0.2, 0) is 0 Å². The van der Waals surface area contributed by atoms with Crippen molar-refractivity contribution in [3.8, 4) is 0 Å². The van der Waals surface area contributed by atoms with Crippen LogP contribution in [0.2, 0.25) is 10.0 Å². The van der Waals surface area contributed by atoms with Crippen molar-refractivity contribution in [3.05, 3.63) is 28.0 Å². The van der Waals surface area contributed by atoms with Crippen LogP contribution in [0.25, 0.3) is 0 Å². The van der Waals surface area contributed by atoms with Gasteiger partial charge in [-0.3, -0.25) is 4.90 Å². The van der Waals surface area contributed by atoms with E-state index in [0.717, 1.165) is 45.0 Å². The molecule has 0 saturated carbocycles. The first kappa shape index (κ1) is 14.9. The van der Waals surface area contributed by atoms with Gasteiger partial charge in [0.2, 0.25) is 0 Å². The largest absolute Gasteiger partial charge is 0.384 e. The number of anilines is 1. The number of nitrogens with zero attached hydrogens (tertiary/aromatic N) is 2. The molecule has 3 nitrogen and oxygen atoms in total. The van der Waals surface area contributed by atoms with E-state index in [1.807, 2.05) is 0 Å². The van der Waals surface area contributed by atoms with Crippen LogP contribution in [0.15, 0.2) is 12.1 Å². The Morgan fingerprint density at radius 2 is 1.74 bits per heavy atom. The number of halogens is 3. The minimum atomic E-state index is -0.562. The monoisotopic (exact) mass is 305 g/mol. The van der Waals surface area contributed by atoms with E-state index in [9.17, 15) is 4.39 Å². The number of benzene rings is 1. The fraction of sp³-hybridized carbons (Fsp3) is 0.538. The molecule has 0 amide bonds. The average Bonchev–Trinajstić information content (AvgIpc) is 2.38. The summed E-state index contributed by atoms with van der Waals surface area (Å²) in [5.74, 6) is -0.562. The highest BCUT2D eigenvalue weighted by Gasteiger charge is 2.13. The molecule has 1 aliphatic rings. The first-order valence-electron chi connectivity index (χ1n) is 6.35. The van der Waals surface area contributed by atoms with E-state index in [0.29, 0.717) is 0 Å². The van der Waals surface area contributed by atoms with Crippen molar-refractivity contribution in [3.63, 3.8) is 0 Å². The van der Waals surface area contributed by atoms with Crippen molar-refractivity contribution in [1.29, 1.82) is 0 Å². The van der Waals surface area contributed by atoms with E-state index in [4.69, 9.17) is 23.2 Å². The normalized spacial score (nSPS) is 17.7. The lowest BCUT2D eigenvalue weighted by Gasteiger charge is -2.32.